The van der Waals surface area contributed by atoms with Crippen LogP contribution in [0.1, 0.15) is 38.5 Å². The number of carbonyl (C=O) groups excluding carboxylic acids is 4. The second kappa shape index (κ2) is 12.1. The van der Waals surface area contributed by atoms with Crippen LogP contribution in [-0.2, 0) is 38.1 Å². The van der Waals surface area contributed by atoms with Gasteiger partial charge in [-0.05, 0) is 12.8 Å². The third-order valence-corrected chi connectivity index (χ3v) is 4.92. The Morgan fingerprint density at radius 1 is 0.706 bits per heavy atom. The number of ether oxygens (including phenoxy) is 4. The Morgan fingerprint density at radius 2 is 1.06 bits per heavy atom. The van der Waals surface area contributed by atoms with Crippen LogP contribution >= 0.6 is 0 Å². The van der Waals surface area contributed by atoms with Gasteiger partial charge in [-0.1, -0.05) is 12.8 Å². The van der Waals surface area contributed by atoms with Gasteiger partial charge in [-0.25, -0.2) is 9.59 Å². The molecule has 0 spiro atoms. The van der Waals surface area contributed by atoms with Crippen molar-refractivity contribution in [1.82, 2.24) is 0 Å². The Labute approximate surface area is 192 Å². The van der Waals surface area contributed by atoms with Crippen LogP contribution in [0.5, 0.6) is 0 Å². The van der Waals surface area contributed by atoms with Crippen LogP contribution in [0.3, 0.4) is 0 Å². The van der Waals surface area contributed by atoms with E-state index in [1.165, 1.54) is 0 Å². The summed E-state index contributed by atoms with van der Waals surface area (Å²) in [6.45, 7) is -1.11. The Balaban J connectivity index is 1.51. The molecule has 2 aliphatic rings. The summed E-state index contributed by atoms with van der Waals surface area (Å²) < 4.78 is 18.8. The van der Waals surface area contributed by atoms with Gasteiger partial charge >= 0.3 is 23.9 Å². The summed E-state index contributed by atoms with van der Waals surface area (Å²) in [5.74, 6) is -7.34. The molecule has 34 heavy (non-hydrogen) atoms. The summed E-state index contributed by atoms with van der Waals surface area (Å²) in [6, 6.07) is 0. The minimum atomic E-state index is -1.55. The van der Waals surface area contributed by atoms with Gasteiger partial charge in [0.05, 0.1) is 0 Å². The number of cyclic esters (lactones) is 2. The first-order chi connectivity index (χ1) is 16.0. The molecule has 2 rings (SSSR count). The minimum Gasteiger partial charge on any atom is -0.505 e. The van der Waals surface area contributed by atoms with Crippen LogP contribution in [0, 0.1) is 0 Å². The largest absolute Gasteiger partial charge is 0.505 e. The number of hydrogen-bond donors (Lipinski definition) is 6. The molecule has 2 aliphatic heterocycles. The SMILES string of the molecule is O=C(CCCCCCC(=O)OC[C@@H](O)[C@H]1OC(=O)C(O)=C1O)OC[C@@H](O)[C@H]1OC(=O)C(O)=C1O. The van der Waals surface area contributed by atoms with E-state index in [1.807, 2.05) is 0 Å². The Bertz CT molecular complexity index is 789. The third-order valence-electron chi connectivity index (χ3n) is 4.92. The van der Waals surface area contributed by atoms with E-state index >= 15 is 0 Å². The molecule has 0 fully saturated rings. The normalized spacial score (nSPS) is 21.8. The quantitative estimate of drug-likeness (QED) is 0.110. The van der Waals surface area contributed by atoms with Gasteiger partial charge in [0.2, 0.25) is 11.5 Å². The van der Waals surface area contributed by atoms with Gasteiger partial charge in [0.1, 0.15) is 25.4 Å². The average molecular weight is 490 g/mol. The standard InChI is InChI=1S/C20H26O14/c21-9(17-13(25)15(27)19(29)33-17)7-31-11(23)5-3-1-2-4-6-12(24)32-8-10(22)18-14(26)16(28)20(30)34-18/h9-10,17-18,21-22,25-28H,1-8H2/t9-,10-,17-,18-/m1/s1. The van der Waals surface area contributed by atoms with Gasteiger partial charge < -0.3 is 49.6 Å². The maximum atomic E-state index is 11.7. The molecule has 0 unspecified atom stereocenters. The lowest BCUT2D eigenvalue weighted by Crippen LogP contribution is -2.33. The van der Waals surface area contributed by atoms with E-state index in [2.05, 4.69) is 9.47 Å². The molecule has 2 heterocycles. The predicted octanol–water partition coefficient (Wildman–Crippen LogP) is -0.359. The van der Waals surface area contributed by atoms with E-state index in [9.17, 15) is 49.8 Å². The third kappa shape index (κ3) is 6.99. The van der Waals surface area contributed by atoms with Crippen LogP contribution in [0.25, 0.3) is 0 Å². The lowest BCUT2D eigenvalue weighted by molar-refractivity contribution is -0.156. The summed E-state index contributed by atoms with van der Waals surface area (Å²) in [5.41, 5.74) is 0. The molecule has 0 aromatic carbocycles. The lowest BCUT2D eigenvalue weighted by Gasteiger charge is -2.17. The summed E-state index contributed by atoms with van der Waals surface area (Å²) in [6.07, 6.45) is -4.09. The van der Waals surface area contributed by atoms with Crippen molar-refractivity contribution in [2.75, 3.05) is 13.2 Å². The maximum absolute atomic E-state index is 11.7. The Morgan fingerprint density at radius 3 is 1.35 bits per heavy atom. The number of rotatable bonds is 13. The second-order valence-corrected chi connectivity index (χ2v) is 7.53. The molecule has 14 heteroatoms. The van der Waals surface area contributed by atoms with E-state index < -0.39 is 84.5 Å². The maximum Gasteiger partial charge on any atom is 0.377 e. The number of esters is 4. The average Bonchev–Trinajstić information content (AvgIpc) is 3.22. The first-order valence-corrected chi connectivity index (χ1v) is 10.4. The van der Waals surface area contributed by atoms with Crippen LogP contribution in [0.15, 0.2) is 23.0 Å². The van der Waals surface area contributed by atoms with Crippen LogP contribution in [0.4, 0.5) is 0 Å². The van der Waals surface area contributed by atoms with Gasteiger partial charge in [-0.15, -0.1) is 0 Å². The smallest absolute Gasteiger partial charge is 0.377 e. The summed E-state index contributed by atoms with van der Waals surface area (Å²) in [4.78, 5) is 45.6. The fourth-order valence-corrected chi connectivity index (χ4v) is 3.02. The van der Waals surface area contributed by atoms with Gasteiger partial charge in [0.25, 0.3) is 0 Å². The van der Waals surface area contributed by atoms with E-state index in [1.54, 1.807) is 0 Å². The summed E-state index contributed by atoms with van der Waals surface area (Å²) >= 11 is 0. The van der Waals surface area contributed by atoms with Crippen LogP contribution in [-0.4, -0.2) is 92.1 Å². The molecule has 4 atom stereocenters. The van der Waals surface area contributed by atoms with E-state index in [4.69, 9.17) is 9.47 Å². The van der Waals surface area contributed by atoms with Gasteiger partial charge in [0, 0.05) is 12.8 Å². The molecule has 0 bridgehead atoms. The topological polar surface area (TPSA) is 227 Å². The number of aliphatic hydroxyl groups excluding tert-OH is 6. The van der Waals surface area contributed by atoms with Crippen molar-refractivity contribution in [1.29, 1.82) is 0 Å². The highest BCUT2D eigenvalue weighted by Gasteiger charge is 2.40. The van der Waals surface area contributed by atoms with Crippen molar-refractivity contribution in [2.24, 2.45) is 0 Å². The van der Waals surface area contributed by atoms with Crippen molar-refractivity contribution in [3.8, 4) is 0 Å². The number of unbranched alkanes of at least 4 members (excludes halogenated alkanes) is 3. The zero-order valence-corrected chi connectivity index (χ0v) is 17.9. The van der Waals surface area contributed by atoms with Gasteiger partial charge in [0.15, 0.2) is 23.7 Å². The monoisotopic (exact) mass is 490 g/mol. The van der Waals surface area contributed by atoms with E-state index in [0.717, 1.165) is 0 Å². The first-order valence-electron chi connectivity index (χ1n) is 10.4. The van der Waals surface area contributed by atoms with Crippen molar-refractivity contribution >= 4 is 23.9 Å². The number of carbonyl (C=O) groups is 4. The van der Waals surface area contributed by atoms with Crippen molar-refractivity contribution in [2.45, 2.75) is 62.9 Å². The highest BCUT2D eigenvalue weighted by Crippen LogP contribution is 2.22. The fraction of sp³-hybridized carbons (Fsp3) is 0.600. The lowest BCUT2D eigenvalue weighted by atomic mass is 10.1. The summed E-state index contributed by atoms with van der Waals surface area (Å²) in [7, 11) is 0. The molecule has 0 saturated heterocycles. The molecule has 0 saturated carbocycles. The molecule has 0 radical (unpaired) electrons. The van der Waals surface area contributed by atoms with Crippen molar-refractivity contribution in [3.63, 3.8) is 0 Å². The molecule has 190 valence electrons. The van der Waals surface area contributed by atoms with Crippen molar-refractivity contribution in [3.05, 3.63) is 23.0 Å². The van der Waals surface area contributed by atoms with E-state index in [-0.39, 0.29) is 12.8 Å². The highest BCUT2D eigenvalue weighted by atomic mass is 16.6. The highest BCUT2D eigenvalue weighted by molar-refractivity contribution is 5.89. The van der Waals surface area contributed by atoms with Crippen LogP contribution < -0.4 is 0 Å². The Kier molecular flexibility index (Phi) is 9.50. The number of hydrogen-bond acceptors (Lipinski definition) is 14. The Hall–Kier alpha value is -3.52. The molecular formula is C20H26O14. The minimum absolute atomic E-state index is 0.0187. The zero-order valence-electron chi connectivity index (χ0n) is 17.9. The molecule has 14 nitrogen and oxygen atoms in total. The summed E-state index contributed by atoms with van der Waals surface area (Å²) in [5, 5.41) is 56.9. The molecule has 0 aromatic rings. The molecule has 6 N–H and O–H groups in total. The first kappa shape index (κ1) is 26.7. The molecule has 0 aliphatic carbocycles. The second-order valence-electron chi connectivity index (χ2n) is 7.53. The van der Waals surface area contributed by atoms with Gasteiger partial charge in [-0.2, -0.15) is 0 Å². The predicted molar refractivity (Wildman–Crippen MR) is 106 cm³/mol. The molecular weight excluding hydrogens is 464 g/mol. The van der Waals surface area contributed by atoms with Crippen molar-refractivity contribution < 1.29 is 68.8 Å². The fourth-order valence-electron chi connectivity index (χ4n) is 3.02. The zero-order chi connectivity index (χ0) is 25.4. The van der Waals surface area contributed by atoms with E-state index in [0.29, 0.717) is 25.7 Å². The number of aliphatic hydroxyl groups is 6. The molecule has 0 aromatic heterocycles. The van der Waals surface area contributed by atoms with Gasteiger partial charge in [-0.3, -0.25) is 9.59 Å². The molecule has 0 amide bonds. The van der Waals surface area contributed by atoms with Crippen LogP contribution in [0.2, 0.25) is 0 Å².